The predicted octanol–water partition coefficient (Wildman–Crippen LogP) is 5.37. The Kier molecular flexibility index (Phi) is 5.32. The average Bonchev–Trinajstić information content (AvgIpc) is 2.79. The van der Waals surface area contributed by atoms with Crippen molar-refractivity contribution in [2.45, 2.75) is 19.4 Å². The second kappa shape index (κ2) is 7.69. The molecule has 1 aliphatic heterocycles. The molecule has 4 rings (SSSR count). The SMILES string of the molecule is Clc1ccc(OCCn2c3c(c4c(Cl)c(Cl)ccc42)CCNCC3)cc1. The summed E-state index contributed by atoms with van der Waals surface area (Å²) in [5.74, 6) is 0.819. The molecular weight excluding hydrogens is 391 g/mol. The van der Waals surface area contributed by atoms with E-state index in [0.717, 1.165) is 49.1 Å². The molecule has 0 amide bonds. The predicted molar refractivity (Wildman–Crippen MR) is 109 cm³/mol. The number of hydrogen-bond donors (Lipinski definition) is 1. The highest BCUT2D eigenvalue weighted by Gasteiger charge is 2.21. The summed E-state index contributed by atoms with van der Waals surface area (Å²) in [7, 11) is 0. The van der Waals surface area contributed by atoms with Gasteiger partial charge in [-0.1, -0.05) is 34.8 Å². The highest BCUT2D eigenvalue weighted by Crippen LogP contribution is 2.37. The number of fused-ring (bicyclic) bond motifs is 3. The molecule has 1 aliphatic rings. The summed E-state index contributed by atoms with van der Waals surface area (Å²) in [5.41, 5.74) is 3.77. The Labute approximate surface area is 167 Å². The second-order valence-corrected chi connectivity index (χ2v) is 7.61. The van der Waals surface area contributed by atoms with Gasteiger partial charge < -0.3 is 14.6 Å². The maximum absolute atomic E-state index is 6.56. The summed E-state index contributed by atoms with van der Waals surface area (Å²) in [5, 5.41) is 6.51. The van der Waals surface area contributed by atoms with Crippen molar-refractivity contribution in [3.05, 3.63) is 62.7 Å². The minimum Gasteiger partial charge on any atom is -0.492 e. The third-order valence-corrected chi connectivity index (χ3v) is 5.88. The van der Waals surface area contributed by atoms with E-state index >= 15 is 0 Å². The first-order valence-corrected chi connectivity index (χ1v) is 9.85. The number of halogens is 3. The molecule has 0 saturated heterocycles. The summed E-state index contributed by atoms with van der Waals surface area (Å²) in [4.78, 5) is 0. The highest BCUT2D eigenvalue weighted by molar-refractivity contribution is 6.45. The van der Waals surface area contributed by atoms with Crippen LogP contribution in [-0.2, 0) is 19.4 Å². The van der Waals surface area contributed by atoms with Crippen molar-refractivity contribution in [3.63, 3.8) is 0 Å². The van der Waals surface area contributed by atoms with E-state index < -0.39 is 0 Å². The maximum Gasteiger partial charge on any atom is 0.119 e. The van der Waals surface area contributed by atoms with Crippen LogP contribution in [0.3, 0.4) is 0 Å². The molecule has 1 N–H and O–H groups in total. The lowest BCUT2D eigenvalue weighted by Gasteiger charge is -2.12. The molecule has 0 saturated carbocycles. The third-order valence-electron chi connectivity index (χ3n) is 4.83. The fourth-order valence-electron chi connectivity index (χ4n) is 3.65. The Morgan fingerprint density at radius 3 is 2.54 bits per heavy atom. The van der Waals surface area contributed by atoms with Crippen LogP contribution >= 0.6 is 34.8 Å². The average molecular weight is 410 g/mol. The molecular formula is C20H19Cl3N2O. The van der Waals surface area contributed by atoms with Gasteiger partial charge in [0.05, 0.1) is 22.1 Å². The van der Waals surface area contributed by atoms with Gasteiger partial charge in [0, 0.05) is 29.1 Å². The Bertz CT molecular complexity index is 935. The van der Waals surface area contributed by atoms with E-state index in [1.165, 1.54) is 11.3 Å². The summed E-state index contributed by atoms with van der Waals surface area (Å²) < 4.78 is 8.23. The minimum absolute atomic E-state index is 0.575. The molecule has 0 radical (unpaired) electrons. The number of nitrogens with one attached hydrogen (secondary N) is 1. The van der Waals surface area contributed by atoms with Gasteiger partial charge >= 0.3 is 0 Å². The van der Waals surface area contributed by atoms with Gasteiger partial charge in [0.2, 0.25) is 0 Å². The van der Waals surface area contributed by atoms with Crippen LogP contribution in [0.15, 0.2) is 36.4 Å². The van der Waals surface area contributed by atoms with Crippen molar-refractivity contribution in [2.75, 3.05) is 19.7 Å². The zero-order chi connectivity index (χ0) is 18.1. The van der Waals surface area contributed by atoms with Crippen LogP contribution in [0.4, 0.5) is 0 Å². The van der Waals surface area contributed by atoms with Crippen molar-refractivity contribution in [2.24, 2.45) is 0 Å². The number of aromatic nitrogens is 1. The molecule has 2 heterocycles. The molecule has 136 valence electrons. The zero-order valence-corrected chi connectivity index (χ0v) is 16.5. The molecule has 0 atom stereocenters. The van der Waals surface area contributed by atoms with Crippen LogP contribution in [0, 0.1) is 0 Å². The van der Waals surface area contributed by atoms with Crippen LogP contribution in [-0.4, -0.2) is 24.3 Å². The normalized spacial score (nSPS) is 14.3. The fourth-order valence-corrected chi connectivity index (χ4v) is 4.20. The summed E-state index contributed by atoms with van der Waals surface area (Å²) in [6.07, 6.45) is 1.93. The first kappa shape index (κ1) is 18.0. The van der Waals surface area contributed by atoms with E-state index in [1.807, 2.05) is 30.3 Å². The molecule has 6 heteroatoms. The van der Waals surface area contributed by atoms with Gasteiger partial charge in [-0.15, -0.1) is 0 Å². The minimum atomic E-state index is 0.575. The van der Waals surface area contributed by atoms with Crippen LogP contribution in [0.1, 0.15) is 11.3 Å². The van der Waals surface area contributed by atoms with Gasteiger partial charge in [0.25, 0.3) is 0 Å². The quantitative estimate of drug-likeness (QED) is 0.627. The van der Waals surface area contributed by atoms with E-state index in [2.05, 4.69) is 16.0 Å². The van der Waals surface area contributed by atoms with E-state index in [9.17, 15) is 0 Å². The van der Waals surface area contributed by atoms with Gasteiger partial charge in [-0.25, -0.2) is 0 Å². The number of benzene rings is 2. The van der Waals surface area contributed by atoms with Crippen LogP contribution in [0.25, 0.3) is 10.9 Å². The standard InChI is InChI=1S/C20H19Cl3N2O/c21-13-1-3-14(4-2-13)26-12-11-25-17-8-10-24-9-7-15(17)19-18(25)6-5-16(22)20(19)23/h1-6,24H,7-12H2. The number of rotatable bonds is 4. The van der Waals surface area contributed by atoms with Crippen molar-refractivity contribution in [1.82, 2.24) is 9.88 Å². The Morgan fingerprint density at radius 1 is 0.962 bits per heavy atom. The smallest absolute Gasteiger partial charge is 0.119 e. The van der Waals surface area contributed by atoms with Crippen molar-refractivity contribution < 1.29 is 4.74 Å². The number of hydrogen-bond acceptors (Lipinski definition) is 2. The Morgan fingerprint density at radius 2 is 1.73 bits per heavy atom. The molecule has 1 aromatic heterocycles. The molecule has 0 unspecified atom stereocenters. The monoisotopic (exact) mass is 408 g/mol. The van der Waals surface area contributed by atoms with Crippen LogP contribution in [0.2, 0.25) is 15.1 Å². The Hall–Kier alpha value is -1.39. The van der Waals surface area contributed by atoms with E-state index in [-0.39, 0.29) is 0 Å². The van der Waals surface area contributed by atoms with Crippen molar-refractivity contribution in [3.8, 4) is 5.75 Å². The van der Waals surface area contributed by atoms with Gasteiger partial charge in [0.15, 0.2) is 0 Å². The summed E-state index contributed by atoms with van der Waals surface area (Å²) >= 11 is 18.8. The molecule has 2 aromatic carbocycles. The number of nitrogens with zero attached hydrogens (tertiary/aromatic N) is 1. The molecule has 0 spiro atoms. The number of ether oxygens (including phenoxy) is 1. The van der Waals surface area contributed by atoms with Gasteiger partial charge in [-0.3, -0.25) is 0 Å². The first-order valence-electron chi connectivity index (χ1n) is 8.72. The lowest BCUT2D eigenvalue weighted by Crippen LogP contribution is -2.18. The lowest BCUT2D eigenvalue weighted by atomic mass is 10.1. The maximum atomic E-state index is 6.56. The van der Waals surface area contributed by atoms with Crippen LogP contribution in [0.5, 0.6) is 5.75 Å². The summed E-state index contributed by atoms with van der Waals surface area (Å²) in [6.45, 7) is 3.25. The molecule has 0 aliphatic carbocycles. The Balaban J connectivity index is 1.66. The summed E-state index contributed by atoms with van der Waals surface area (Å²) in [6, 6.07) is 11.4. The molecule has 3 nitrogen and oxygen atoms in total. The fraction of sp³-hybridized carbons (Fsp3) is 0.300. The highest BCUT2D eigenvalue weighted by atomic mass is 35.5. The molecule has 26 heavy (non-hydrogen) atoms. The van der Waals surface area contributed by atoms with Gasteiger partial charge in [-0.2, -0.15) is 0 Å². The molecule has 3 aromatic rings. The topological polar surface area (TPSA) is 26.2 Å². The molecule has 0 fully saturated rings. The van der Waals surface area contributed by atoms with E-state index in [0.29, 0.717) is 21.7 Å². The largest absolute Gasteiger partial charge is 0.492 e. The van der Waals surface area contributed by atoms with Gasteiger partial charge in [-0.05, 0) is 54.9 Å². The van der Waals surface area contributed by atoms with E-state index in [4.69, 9.17) is 39.5 Å². The van der Waals surface area contributed by atoms with Crippen molar-refractivity contribution in [1.29, 1.82) is 0 Å². The third kappa shape index (κ3) is 3.41. The lowest BCUT2D eigenvalue weighted by molar-refractivity contribution is 0.299. The second-order valence-electron chi connectivity index (χ2n) is 6.38. The molecule has 0 bridgehead atoms. The van der Waals surface area contributed by atoms with Crippen LogP contribution < -0.4 is 10.1 Å². The first-order chi connectivity index (χ1) is 12.6. The van der Waals surface area contributed by atoms with Gasteiger partial charge in [0.1, 0.15) is 12.4 Å². The van der Waals surface area contributed by atoms with Crippen molar-refractivity contribution >= 4 is 45.7 Å². The van der Waals surface area contributed by atoms with E-state index in [1.54, 1.807) is 0 Å². The zero-order valence-electron chi connectivity index (χ0n) is 14.2.